The number of alkyl halides is 3. The molecule has 0 spiro atoms. The number of fused-ring (bicyclic) bond motifs is 6. The van der Waals surface area contributed by atoms with Crippen molar-refractivity contribution >= 4 is 29.1 Å². The van der Waals surface area contributed by atoms with E-state index < -0.39 is 11.7 Å². The van der Waals surface area contributed by atoms with E-state index in [0.717, 1.165) is 185 Å². The van der Waals surface area contributed by atoms with Gasteiger partial charge in [-0.2, -0.15) is 28.5 Å². The third-order valence-corrected chi connectivity index (χ3v) is 21.1. The van der Waals surface area contributed by atoms with Crippen molar-refractivity contribution in [2.24, 2.45) is 0 Å². The fourth-order valence-corrected chi connectivity index (χ4v) is 15.7. The molecule has 6 atom stereocenters. The Morgan fingerprint density at radius 3 is 0.991 bits per heavy atom. The molecule has 12 aromatic rings. The Morgan fingerprint density at radius 1 is 0.370 bits per heavy atom. The Labute approximate surface area is 627 Å². The van der Waals surface area contributed by atoms with Gasteiger partial charge in [0, 0.05) is 196 Å². The second-order valence-electron chi connectivity index (χ2n) is 29.2. The van der Waals surface area contributed by atoms with Gasteiger partial charge in [-0.1, -0.05) is 11.6 Å². The molecular formula is C79H81ClF4N24. The van der Waals surface area contributed by atoms with Crippen LogP contribution in [-0.4, -0.2) is 181 Å². The van der Waals surface area contributed by atoms with Crippen LogP contribution in [0.4, 0.5) is 35.0 Å². The lowest BCUT2D eigenvalue weighted by Crippen LogP contribution is -2.68. The number of anilines is 3. The number of aryl methyl sites for hydroxylation is 6. The van der Waals surface area contributed by atoms with Gasteiger partial charge in [0.2, 0.25) is 0 Å². The number of hydrogen-bond acceptors (Lipinski definition) is 21. The van der Waals surface area contributed by atoms with Crippen molar-refractivity contribution in [1.29, 1.82) is 0 Å². The van der Waals surface area contributed by atoms with Crippen LogP contribution in [0.15, 0.2) is 146 Å². The third-order valence-electron chi connectivity index (χ3n) is 20.9. The number of pyridine rings is 6. The number of halogens is 5. The van der Waals surface area contributed by atoms with Crippen molar-refractivity contribution in [2.45, 2.75) is 142 Å². The van der Waals surface area contributed by atoms with Gasteiger partial charge in [0.25, 0.3) is 0 Å². The smallest absolute Gasteiger partial charge is 0.353 e. The van der Waals surface area contributed by atoms with Gasteiger partial charge < -0.3 is 14.7 Å². The Balaban J connectivity index is 0.000000124. The summed E-state index contributed by atoms with van der Waals surface area (Å²) < 4.78 is 51.6. The molecule has 12 aromatic heterocycles. The molecule has 3 N–H and O–H groups in total. The molecule has 108 heavy (non-hydrogen) atoms. The number of nitrogens with zero attached hydrogens (tertiary/aromatic N) is 21. The quantitative estimate of drug-likeness (QED) is 0.0674. The number of aromatic nitrogens is 18. The summed E-state index contributed by atoms with van der Waals surface area (Å²) in [6.45, 7) is 19.5. The normalized spacial score (nSPS) is 19.5. The van der Waals surface area contributed by atoms with E-state index in [1.165, 1.54) is 31.2 Å². The molecule has 9 aliphatic heterocycles. The van der Waals surface area contributed by atoms with E-state index in [9.17, 15) is 17.6 Å². The van der Waals surface area contributed by atoms with Gasteiger partial charge in [-0.15, -0.1) is 0 Å². The fourth-order valence-electron chi connectivity index (χ4n) is 15.6. The summed E-state index contributed by atoms with van der Waals surface area (Å²) in [5, 5.41) is 22.6. The van der Waals surface area contributed by atoms with Gasteiger partial charge >= 0.3 is 6.18 Å². The van der Waals surface area contributed by atoms with Crippen LogP contribution in [0.2, 0.25) is 5.02 Å². The van der Waals surface area contributed by atoms with E-state index in [4.69, 9.17) is 41.5 Å². The molecule has 9 fully saturated rings. The monoisotopic (exact) mass is 1480 g/mol. The molecule has 24 nitrogen and oxygen atoms in total. The van der Waals surface area contributed by atoms with Crippen LogP contribution in [0.5, 0.6) is 0 Å². The number of nitrogens with one attached hydrogen (secondary N) is 3. The maximum atomic E-state index is 13.2. The predicted octanol–water partition coefficient (Wildman–Crippen LogP) is 11.8. The minimum Gasteiger partial charge on any atom is -0.353 e. The number of H-pyrrole nitrogens is 3. The molecule has 6 unspecified atom stereocenters. The SMILES string of the molecule is Cc1cc(Cc2cc(C)[nH]n2)nc(-c2ccc(N3CC4CC(C3)N4Cc3ccc(C(F)(F)F)cn3)nc2)n1.Cc1cc(Cc2cc(C)[nH]n2)nc(-c2ccc(N3CC4CC(C3)N4Cc3ccc(Cl)cn3)nc2)n1.Cc1cc(Cc2cc(C)[nH]n2)nc(-c2ccc(N3CC4CC(C3)N4Cc3ccc(F)cn3)nc2)n1. The topological polar surface area (TPSA) is 260 Å². The molecule has 0 aliphatic carbocycles. The van der Waals surface area contributed by atoms with E-state index in [0.29, 0.717) is 90.2 Å². The molecule has 552 valence electrons. The fraction of sp³-hybridized carbons (Fsp3) is 0.354. The average Bonchev–Trinajstić information content (AvgIpc) is 0.820. The van der Waals surface area contributed by atoms with Gasteiger partial charge in [-0.05, 0) is 170 Å². The minimum absolute atomic E-state index is 0.293. The lowest BCUT2D eigenvalue weighted by molar-refractivity contribution is -0.137. The lowest BCUT2D eigenvalue weighted by atomic mass is 9.87. The standard InChI is InChI=1S/C27H27F3N8.C26H27ClN8.C26H27FN8/c1-16-7-21(9-22-8-17(2)35-36-22)34-26(33-16)18-3-6-25(32-11-18)37-14-23-10-24(15-37)38(23)13-20-5-4-19(12-31-20)27(28,29)30;2*1-16-7-21(9-22-8-17(2)32-33-22)31-26(30-16)18-3-6-25(29-11-18)34-14-23-10-24(15-34)35(23)13-20-5-4-19(27)12-28-20/h3-8,11-12,23-24H,9-10,13-15H2,1-2H3,(H,35,36);2*3-8,11-12,23-24H,9-10,13-15H2,1-2H3,(H,32,33). The van der Waals surface area contributed by atoms with E-state index >= 15 is 0 Å². The third kappa shape index (κ3) is 16.5. The highest BCUT2D eigenvalue weighted by atomic mass is 35.5. The molecule has 21 heterocycles. The summed E-state index contributed by atoms with van der Waals surface area (Å²) in [4.78, 5) is 69.5. The van der Waals surface area contributed by atoms with Gasteiger partial charge in [0.05, 0.1) is 68.0 Å². The maximum Gasteiger partial charge on any atom is 0.417 e. The Kier molecular flexibility index (Phi) is 20.1. The summed E-state index contributed by atoms with van der Waals surface area (Å²) in [7, 11) is 0. The Hall–Kier alpha value is -10.9. The first kappa shape index (κ1) is 71.3. The number of rotatable bonds is 18. The van der Waals surface area contributed by atoms with Crippen molar-refractivity contribution in [2.75, 3.05) is 54.0 Å². The van der Waals surface area contributed by atoms with Crippen LogP contribution in [0.25, 0.3) is 34.2 Å². The van der Waals surface area contributed by atoms with Crippen LogP contribution in [0, 0.1) is 47.4 Å². The number of aromatic amines is 3. The summed E-state index contributed by atoms with van der Waals surface area (Å²) in [6, 6.07) is 36.8. The molecule has 0 radical (unpaired) electrons. The van der Waals surface area contributed by atoms with Crippen molar-refractivity contribution in [3.8, 4) is 34.2 Å². The van der Waals surface area contributed by atoms with Gasteiger partial charge in [-0.3, -0.25) is 44.9 Å². The molecule has 6 bridgehead atoms. The zero-order valence-electron chi connectivity index (χ0n) is 60.7. The largest absolute Gasteiger partial charge is 0.417 e. The summed E-state index contributed by atoms with van der Waals surface area (Å²) in [5.74, 6) is 4.62. The summed E-state index contributed by atoms with van der Waals surface area (Å²) in [6.07, 6.45) is 10.6. The van der Waals surface area contributed by atoms with Gasteiger partial charge in [-0.25, -0.2) is 49.2 Å². The molecule has 9 aliphatic rings. The molecule has 0 amide bonds. The molecule has 21 rings (SSSR count). The number of piperidine rings is 3. The first-order valence-corrected chi connectivity index (χ1v) is 36.8. The van der Waals surface area contributed by atoms with Crippen molar-refractivity contribution < 1.29 is 17.6 Å². The highest BCUT2D eigenvalue weighted by Crippen LogP contribution is 2.39. The second kappa shape index (κ2) is 30.4. The molecule has 0 saturated carbocycles. The van der Waals surface area contributed by atoms with E-state index in [2.05, 4.69) is 114 Å². The van der Waals surface area contributed by atoms with Crippen molar-refractivity contribution in [1.82, 2.24) is 105 Å². The Bertz CT molecular complexity index is 4870. The molecule has 29 heteroatoms. The highest BCUT2D eigenvalue weighted by molar-refractivity contribution is 6.30. The van der Waals surface area contributed by atoms with Crippen LogP contribution < -0.4 is 14.7 Å². The maximum absolute atomic E-state index is 13.2. The van der Waals surface area contributed by atoms with Crippen molar-refractivity contribution in [3.05, 3.63) is 248 Å². The highest BCUT2D eigenvalue weighted by Gasteiger charge is 2.47. The number of piperazine rings is 3. The molecule has 0 aromatic carbocycles. The first-order chi connectivity index (χ1) is 52.2. The average molecular weight is 1480 g/mol. The van der Waals surface area contributed by atoms with E-state index in [1.807, 2.05) is 121 Å². The zero-order valence-corrected chi connectivity index (χ0v) is 61.5. The van der Waals surface area contributed by atoms with Crippen LogP contribution in [0.3, 0.4) is 0 Å². The van der Waals surface area contributed by atoms with Crippen LogP contribution in [0.1, 0.15) is 110 Å². The van der Waals surface area contributed by atoms with E-state index in [-0.39, 0.29) is 5.82 Å². The van der Waals surface area contributed by atoms with Gasteiger partial charge in [0.1, 0.15) is 23.3 Å². The molecule has 9 saturated heterocycles. The van der Waals surface area contributed by atoms with E-state index in [1.54, 1.807) is 12.3 Å². The first-order valence-electron chi connectivity index (χ1n) is 36.4. The predicted molar refractivity (Wildman–Crippen MR) is 401 cm³/mol. The van der Waals surface area contributed by atoms with Crippen LogP contribution in [-0.2, 0) is 45.1 Å². The number of hydrogen-bond donors (Lipinski definition) is 3. The molecular weight excluding hydrogens is 1400 g/mol. The van der Waals surface area contributed by atoms with Crippen molar-refractivity contribution in [3.63, 3.8) is 0 Å². The lowest BCUT2D eigenvalue weighted by Gasteiger charge is -2.56. The van der Waals surface area contributed by atoms with Gasteiger partial charge in [0.15, 0.2) is 17.5 Å². The Morgan fingerprint density at radius 2 is 0.713 bits per heavy atom. The second-order valence-corrected chi connectivity index (χ2v) is 29.6. The van der Waals surface area contributed by atoms with Crippen LogP contribution >= 0.6 is 11.6 Å². The minimum atomic E-state index is -4.37. The summed E-state index contributed by atoms with van der Waals surface area (Å²) >= 11 is 5.98. The zero-order chi connectivity index (χ0) is 74.3. The summed E-state index contributed by atoms with van der Waals surface area (Å²) in [5.41, 5.74) is 16.1.